The molecule has 3 heteroatoms. The summed E-state index contributed by atoms with van der Waals surface area (Å²) in [6.45, 7) is 0.554. The molecule has 0 aromatic rings. The molecule has 0 spiro atoms. The van der Waals surface area contributed by atoms with Crippen molar-refractivity contribution in [2.45, 2.75) is 37.8 Å². The van der Waals surface area contributed by atoms with Gasteiger partial charge in [-0.2, -0.15) is 0 Å². The van der Waals surface area contributed by atoms with Crippen molar-refractivity contribution in [3.05, 3.63) is 0 Å². The second kappa shape index (κ2) is 5.49. The zero-order chi connectivity index (χ0) is 8.81. The Balaban J connectivity index is 2.12. The van der Waals surface area contributed by atoms with Crippen LogP contribution in [0.3, 0.4) is 0 Å². The summed E-state index contributed by atoms with van der Waals surface area (Å²) >= 11 is 0. The molecule has 1 fully saturated rings. The molecular weight excluding hydrogens is 157 g/mol. The predicted octanol–water partition coefficient (Wildman–Crippen LogP) is 1.50. The maximum atomic E-state index is 11.8. The lowest BCUT2D eigenvalue weighted by Gasteiger charge is -2.19. The molecule has 0 bridgehead atoms. The van der Waals surface area contributed by atoms with Crippen LogP contribution < -0.4 is 5.32 Å². The number of methoxy groups -OCH3 is 1. The van der Waals surface area contributed by atoms with Crippen LogP contribution in [-0.2, 0) is 4.74 Å². The lowest BCUT2D eigenvalue weighted by atomic mass is 10.2. The highest BCUT2D eigenvalue weighted by Gasteiger charge is 2.25. The first-order valence-electron chi connectivity index (χ1n) is 4.70. The molecule has 1 rings (SSSR count). The molecule has 0 aromatic heterocycles. The Kier molecular flexibility index (Phi) is 4.54. The van der Waals surface area contributed by atoms with Gasteiger partial charge in [-0.1, -0.05) is 0 Å². The van der Waals surface area contributed by atoms with Gasteiger partial charge in [0.05, 0.1) is 12.8 Å². The van der Waals surface area contributed by atoms with Gasteiger partial charge in [0, 0.05) is 13.2 Å². The van der Waals surface area contributed by atoms with Crippen LogP contribution >= 0.6 is 0 Å². The molecule has 1 aliphatic rings. The molecular formula is C9H18FNO. The van der Waals surface area contributed by atoms with Crippen LogP contribution in [0.25, 0.3) is 0 Å². The Morgan fingerprint density at radius 3 is 3.00 bits per heavy atom. The summed E-state index contributed by atoms with van der Waals surface area (Å²) in [5, 5.41) is 3.32. The third-order valence-corrected chi connectivity index (χ3v) is 2.47. The molecule has 0 amide bonds. The Hall–Kier alpha value is -0.150. The lowest BCUT2D eigenvalue weighted by Crippen LogP contribution is -2.37. The van der Waals surface area contributed by atoms with E-state index < -0.39 is 0 Å². The summed E-state index contributed by atoms with van der Waals surface area (Å²) in [5.41, 5.74) is 0. The number of halogens is 1. The fourth-order valence-corrected chi connectivity index (χ4v) is 1.80. The summed E-state index contributed by atoms with van der Waals surface area (Å²) in [6, 6.07) is 0.460. The van der Waals surface area contributed by atoms with Crippen molar-refractivity contribution < 1.29 is 9.13 Å². The number of alkyl halides is 1. The van der Waals surface area contributed by atoms with Crippen molar-refractivity contribution in [2.75, 3.05) is 20.3 Å². The van der Waals surface area contributed by atoms with Crippen molar-refractivity contribution in [1.29, 1.82) is 0 Å². The summed E-state index contributed by atoms with van der Waals surface area (Å²) in [4.78, 5) is 0. The molecule has 2 unspecified atom stereocenters. The van der Waals surface area contributed by atoms with Crippen molar-refractivity contribution >= 4 is 0 Å². The van der Waals surface area contributed by atoms with Gasteiger partial charge in [-0.05, 0) is 32.2 Å². The van der Waals surface area contributed by atoms with E-state index in [1.165, 1.54) is 12.8 Å². The first-order valence-corrected chi connectivity index (χ1v) is 4.70. The minimum absolute atomic E-state index is 0.225. The molecule has 1 N–H and O–H groups in total. The van der Waals surface area contributed by atoms with Crippen molar-refractivity contribution in [1.82, 2.24) is 5.32 Å². The molecule has 0 aromatic carbocycles. The standard InChI is InChI=1S/C9H18FNO/c1-12-9-5-2-4-8(9)11-7-3-6-10/h8-9,11H,2-7H2,1H3. The van der Waals surface area contributed by atoms with Gasteiger partial charge in [-0.15, -0.1) is 0 Å². The van der Waals surface area contributed by atoms with Gasteiger partial charge in [-0.3, -0.25) is 4.39 Å². The van der Waals surface area contributed by atoms with Gasteiger partial charge in [0.1, 0.15) is 0 Å². The van der Waals surface area contributed by atoms with Crippen LogP contribution in [0.5, 0.6) is 0 Å². The van der Waals surface area contributed by atoms with Gasteiger partial charge in [0.25, 0.3) is 0 Å². The van der Waals surface area contributed by atoms with E-state index in [4.69, 9.17) is 4.74 Å². The first kappa shape index (κ1) is 9.93. The Morgan fingerprint density at radius 1 is 1.50 bits per heavy atom. The fraction of sp³-hybridized carbons (Fsp3) is 1.00. The van der Waals surface area contributed by atoms with E-state index in [9.17, 15) is 4.39 Å². The molecule has 2 atom stereocenters. The van der Waals surface area contributed by atoms with Gasteiger partial charge in [-0.25, -0.2) is 0 Å². The molecule has 72 valence electrons. The summed E-state index contributed by atoms with van der Waals surface area (Å²) in [5.74, 6) is 0. The molecule has 0 saturated heterocycles. The van der Waals surface area contributed by atoms with Crippen molar-refractivity contribution in [3.63, 3.8) is 0 Å². The third-order valence-electron chi connectivity index (χ3n) is 2.47. The maximum absolute atomic E-state index is 11.8. The zero-order valence-electron chi connectivity index (χ0n) is 7.68. The van der Waals surface area contributed by atoms with Gasteiger partial charge in [0.2, 0.25) is 0 Å². The van der Waals surface area contributed by atoms with Gasteiger partial charge < -0.3 is 10.1 Å². The largest absolute Gasteiger partial charge is 0.380 e. The van der Waals surface area contributed by atoms with E-state index in [1.54, 1.807) is 7.11 Å². The van der Waals surface area contributed by atoms with Crippen LogP contribution in [0.2, 0.25) is 0 Å². The van der Waals surface area contributed by atoms with E-state index in [0.29, 0.717) is 18.6 Å². The molecule has 1 aliphatic carbocycles. The van der Waals surface area contributed by atoms with E-state index >= 15 is 0 Å². The predicted molar refractivity (Wildman–Crippen MR) is 47.0 cm³/mol. The number of rotatable bonds is 5. The number of hydrogen-bond acceptors (Lipinski definition) is 2. The van der Waals surface area contributed by atoms with E-state index in [0.717, 1.165) is 13.0 Å². The summed E-state index contributed by atoms with van der Waals surface area (Å²) < 4.78 is 17.1. The zero-order valence-corrected chi connectivity index (χ0v) is 7.68. The molecule has 0 radical (unpaired) electrons. The average molecular weight is 175 g/mol. The third kappa shape index (κ3) is 2.72. The number of nitrogens with one attached hydrogen (secondary N) is 1. The van der Waals surface area contributed by atoms with Crippen molar-refractivity contribution in [2.24, 2.45) is 0 Å². The van der Waals surface area contributed by atoms with E-state index in [1.807, 2.05) is 0 Å². The monoisotopic (exact) mass is 175 g/mol. The van der Waals surface area contributed by atoms with Crippen LogP contribution in [-0.4, -0.2) is 32.5 Å². The maximum Gasteiger partial charge on any atom is 0.0906 e. The second-order valence-corrected chi connectivity index (χ2v) is 3.31. The topological polar surface area (TPSA) is 21.3 Å². The number of ether oxygens (including phenoxy) is 1. The average Bonchev–Trinajstić information content (AvgIpc) is 2.52. The quantitative estimate of drug-likeness (QED) is 0.639. The molecule has 2 nitrogen and oxygen atoms in total. The summed E-state index contributed by atoms with van der Waals surface area (Å²) in [7, 11) is 1.75. The molecule has 12 heavy (non-hydrogen) atoms. The highest BCUT2D eigenvalue weighted by molar-refractivity contribution is 4.83. The second-order valence-electron chi connectivity index (χ2n) is 3.31. The van der Waals surface area contributed by atoms with Crippen LogP contribution in [0.15, 0.2) is 0 Å². The van der Waals surface area contributed by atoms with Crippen LogP contribution in [0, 0.1) is 0 Å². The number of hydrogen-bond donors (Lipinski definition) is 1. The van der Waals surface area contributed by atoms with Gasteiger partial charge in [0.15, 0.2) is 0 Å². The van der Waals surface area contributed by atoms with E-state index in [-0.39, 0.29) is 6.67 Å². The summed E-state index contributed by atoms with van der Waals surface area (Å²) in [6.07, 6.45) is 4.51. The molecule has 0 heterocycles. The Morgan fingerprint density at radius 2 is 2.33 bits per heavy atom. The normalized spacial score (nSPS) is 29.5. The minimum atomic E-state index is -0.225. The highest BCUT2D eigenvalue weighted by atomic mass is 19.1. The molecule has 0 aliphatic heterocycles. The lowest BCUT2D eigenvalue weighted by molar-refractivity contribution is 0.0850. The SMILES string of the molecule is COC1CCCC1NCCCF. The smallest absolute Gasteiger partial charge is 0.0906 e. The minimum Gasteiger partial charge on any atom is -0.380 e. The van der Waals surface area contributed by atoms with Gasteiger partial charge >= 0.3 is 0 Å². The Bertz CT molecular complexity index is 121. The van der Waals surface area contributed by atoms with Crippen LogP contribution in [0.1, 0.15) is 25.7 Å². The fourth-order valence-electron chi connectivity index (χ4n) is 1.80. The first-order chi connectivity index (χ1) is 5.88. The van der Waals surface area contributed by atoms with Crippen molar-refractivity contribution in [3.8, 4) is 0 Å². The van der Waals surface area contributed by atoms with E-state index in [2.05, 4.69) is 5.32 Å². The Labute approximate surface area is 73.5 Å². The highest BCUT2D eigenvalue weighted by Crippen LogP contribution is 2.21. The molecule has 1 saturated carbocycles. The van der Waals surface area contributed by atoms with Crippen LogP contribution in [0.4, 0.5) is 4.39 Å².